The predicted molar refractivity (Wildman–Crippen MR) is 71.4 cm³/mol. The zero-order valence-electron chi connectivity index (χ0n) is 11.3. The highest BCUT2D eigenvalue weighted by Gasteiger charge is 2.26. The fourth-order valence-corrected chi connectivity index (χ4v) is 2.91. The van der Waals surface area contributed by atoms with Crippen molar-refractivity contribution in [3.63, 3.8) is 0 Å². The van der Waals surface area contributed by atoms with Gasteiger partial charge in [0.05, 0.1) is 0 Å². The average Bonchev–Trinajstić information content (AvgIpc) is 2.73. The summed E-state index contributed by atoms with van der Waals surface area (Å²) in [5.41, 5.74) is 6.09. The summed E-state index contributed by atoms with van der Waals surface area (Å²) in [4.78, 5) is 14.0. The van der Waals surface area contributed by atoms with E-state index in [4.69, 9.17) is 10.5 Å². The van der Waals surface area contributed by atoms with Crippen LogP contribution >= 0.6 is 0 Å². The van der Waals surface area contributed by atoms with Crippen molar-refractivity contribution in [2.75, 3.05) is 13.1 Å². The highest BCUT2D eigenvalue weighted by atomic mass is 16.6. The van der Waals surface area contributed by atoms with Crippen LogP contribution in [-0.4, -0.2) is 36.2 Å². The van der Waals surface area contributed by atoms with E-state index in [0.717, 1.165) is 45.2 Å². The van der Waals surface area contributed by atoms with Crippen LogP contribution < -0.4 is 5.73 Å². The fraction of sp³-hybridized carbons (Fsp3) is 0.929. The van der Waals surface area contributed by atoms with E-state index in [1.54, 1.807) is 0 Å². The van der Waals surface area contributed by atoms with Crippen LogP contribution in [0.3, 0.4) is 0 Å². The first-order valence-corrected chi connectivity index (χ1v) is 7.48. The number of likely N-dealkylation sites (tertiary alicyclic amines) is 1. The second-order valence-corrected chi connectivity index (χ2v) is 5.63. The van der Waals surface area contributed by atoms with Crippen molar-refractivity contribution in [3.8, 4) is 0 Å². The molecule has 2 rings (SSSR count). The number of ether oxygens (including phenoxy) is 1. The second kappa shape index (κ2) is 6.98. The Morgan fingerprint density at radius 2 is 1.56 bits per heavy atom. The average molecular weight is 254 g/mol. The minimum absolute atomic E-state index is 0.0310. The van der Waals surface area contributed by atoms with Gasteiger partial charge in [0.25, 0.3) is 0 Å². The van der Waals surface area contributed by atoms with E-state index in [1.807, 2.05) is 4.90 Å². The molecule has 1 aliphatic heterocycles. The summed E-state index contributed by atoms with van der Waals surface area (Å²) in [6.07, 6.45) is 9.88. The molecular weight excluding hydrogens is 228 g/mol. The van der Waals surface area contributed by atoms with Crippen molar-refractivity contribution in [3.05, 3.63) is 0 Å². The Morgan fingerprint density at radius 1 is 0.944 bits per heavy atom. The molecule has 0 aromatic heterocycles. The molecule has 4 heteroatoms. The summed E-state index contributed by atoms with van der Waals surface area (Å²) >= 11 is 0. The van der Waals surface area contributed by atoms with Crippen molar-refractivity contribution in [2.45, 2.75) is 69.9 Å². The Bertz CT molecular complexity index is 263. The van der Waals surface area contributed by atoms with Crippen LogP contribution in [0.4, 0.5) is 4.79 Å². The lowest BCUT2D eigenvalue weighted by Crippen LogP contribution is -2.41. The van der Waals surface area contributed by atoms with Gasteiger partial charge in [-0.1, -0.05) is 25.7 Å². The molecule has 4 nitrogen and oxygen atoms in total. The van der Waals surface area contributed by atoms with Crippen LogP contribution in [0.5, 0.6) is 0 Å². The van der Waals surface area contributed by atoms with Gasteiger partial charge in [0.1, 0.15) is 6.10 Å². The third kappa shape index (κ3) is 3.87. The lowest BCUT2D eigenvalue weighted by atomic mass is 10.1. The molecule has 2 atom stereocenters. The summed E-state index contributed by atoms with van der Waals surface area (Å²) in [5, 5.41) is 0. The highest BCUT2D eigenvalue weighted by Crippen LogP contribution is 2.20. The maximum atomic E-state index is 12.1. The molecule has 2 fully saturated rings. The van der Waals surface area contributed by atoms with Crippen LogP contribution in [-0.2, 0) is 4.74 Å². The topological polar surface area (TPSA) is 55.6 Å². The van der Waals surface area contributed by atoms with Crippen molar-refractivity contribution < 1.29 is 9.53 Å². The molecule has 1 aliphatic carbocycles. The van der Waals surface area contributed by atoms with Crippen LogP contribution in [0.15, 0.2) is 0 Å². The molecule has 1 amide bonds. The normalized spacial score (nSPS) is 30.4. The van der Waals surface area contributed by atoms with Crippen molar-refractivity contribution in [2.24, 2.45) is 5.73 Å². The number of rotatable bonds is 1. The molecule has 1 saturated carbocycles. The number of nitrogens with two attached hydrogens (primary N) is 1. The van der Waals surface area contributed by atoms with Crippen molar-refractivity contribution in [1.29, 1.82) is 0 Å². The maximum Gasteiger partial charge on any atom is 0.410 e. The number of carbonyl (C=O) groups is 1. The monoisotopic (exact) mass is 254 g/mol. The second-order valence-electron chi connectivity index (χ2n) is 5.63. The Morgan fingerprint density at radius 3 is 2.28 bits per heavy atom. The van der Waals surface area contributed by atoms with E-state index >= 15 is 0 Å². The van der Waals surface area contributed by atoms with Crippen LogP contribution in [0, 0.1) is 0 Å². The zero-order valence-corrected chi connectivity index (χ0v) is 11.3. The molecule has 2 aliphatic rings. The van der Waals surface area contributed by atoms with Crippen molar-refractivity contribution >= 4 is 6.09 Å². The van der Waals surface area contributed by atoms with Gasteiger partial charge in [-0.05, 0) is 32.1 Å². The Balaban J connectivity index is 1.84. The van der Waals surface area contributed by atoms with E-state index in [1.165, 1.54) is 25.7 Å². The molecule has 2 N–H and O–H groups in total. The number of hydrogen-bond acceptors (Lipinski definition) is 3. The highest BCUT2D eigenvalue weighted by molar-refractivity contribution is 5.67. The third-order valence-electron chi connectivity index (χ3n) is 4.12. The van der Waals surface area contributed by atoms with Gasteiger partial charge in [0, 0.05) is 19.1 Å². The summed E-state index contributed by atoms with van der Waals surface area (Å²) < 4.78 is 5.64. The van der Waals surface area contributed by atoms with Crippen molar-refractivity contribution in [1.82, 2.24) is 4.90 Å². The minimum Gasteiger partial charge on any atom is -0.444 e. The van der Waals surface area contributed by atoms with Gasteiger partial charge in [0.15, 0.2) is 0 Å². The lowest BCUT2D eigenvalue weighted by Gasteiger charge is -2.26. The first kappa shape index (κ1) is 13.7. The largest absolute Gasteiger partial charge is 0.444 e. The molecule has 0 radical (unpaired) electrons. The Labute approximate surface area is 110 Å². The molecule has 0 spiro atoms. The van der Waals surface area contributed by atoms with Gasteiger partial charge in [-0.2, -0.15) is 0 Å². The quantitative estimate of drug-likeness (QED) is 0.732. The molecule has 1 saturated heterocycles. The standard InChI is InChI=1S/C14H26N2O2/c15-12-8-4-3-5-9-13(12)18-14(17)16-10-6-1-2-7-11-16/h12-13H,1-11,15H2. The number of hydrogen-bond donors (Lipinski definition) is 1. The third-order valence-corrected chi connectivity index (χ3v) is 4.12. The van der Waals surface area contributed by atoms with Crippen LogP contribution in [0.2, 0.25) is 0 Å². The molecule has 1 heterocycles. The summed E-state index contributed by atoms with van der Waals surface area (Å²) in [5.74, 6) is 0. The van der Waals surface area contributed by atoms with Gasteiger partial charge in [-0.15, -0.1) is 0 Å². The minimum atomic E-state index is -0.140. The smallest absolute Gasteiger partial charge is 0.410 e. The first-order chi connectivity index (χ1) is 8.77. The van der Waals surface area contributed by atoms with E-state index < -0.39 is 0 Å². The van der Waals surface area contributed by atoms with E-state index in [-0.39, 0.29) is 18.2 Å². The summed E-state index contributed by atoms with van der Waals surface area (Å²) in [6, 6.07) is 0.0310. The molecule has 0 aromatic rings. The van der Waals surface area contributed by atoms with Gasteiger partial charge < -0.3 is 15.4 Å². The Kier molecular flexibility index (Phi) is 5.29. The maximum absolute atomic E-state index is 12.1. The van der Waals surface area contributed by atoms with E-state index in [2.05, 4.69) is 0 Å². The van der Waals surface area contributed by atoms with Gasteiger partial charge >= 0.3 is 6.09 Å². The van der Waals surface area contributed by atoms with E-state index in [0.29, 0.717) is 0 Å². The molecule has 2 unspecified atom stereocenters. The molecular formula is C14H26N2O2. The van der Waals surface area contributed by atoms with Gasteiger partial charge in [-0.3, -0.25) is 0 Å². The molecule has 104 valence electrons. The zero-order chi connectivity index (χ0) is 12.8. The molecule has 18 heavy (non-hydrogen) atoms. The lowest BCUT2D eigenvalue weighted by molar-refractivity contribution is 0.0486. The Hall–Kier alpha value is -0.770. The number of carbonyl (C=O) groups excluding carboxylic acids is 1. The summed E-state index contributed by atoms with van der Waals surface area (Å²) in [6.45, 7) is 1.70. The van der Waals surface area contributed by atoms with Gasteiger partial charge in [-0.25, -0.2) is 4.79 Å². The predicted octanol–water partition coefficient (Wildman–Crippen LogP) is 2.66. The number of nitrogens with zero attached hydrogens (tertiary/aromatic N) is 1. The van der Waals surface area contributed by atoms with Gasteiger partial charge in [0.2, 0.25) is 0 Å². The van der Waals surface area contributed by atoms with Crippen LogP contribution in [0.1, 0.15) is 57.8 Å². The first-order valence-electron chi connectivity index (χ1n) is 7.48. The summed E-state index contributed by atoms with van der Waals surface area (Å²) in [7, 11) is 0. The SMILES string of the molecule is NC1CCCCCC1OC(=O)N1CCCCCC1. The number of amides is 1. The fourth-order valence-electron chi connectivity index (χ4n) is 2.91. The van der Waals surface area contributed by atoms with E-state index in [9.17, 15) is 4.79 Å². The van der Waals surface area contributed by atoms with Crippen LogP contribution in [0.25, 0.3) is 0 Å². The molecule has 0 bridgehead atoms. The molecule has 0 aromatic carbocycles.